The Morgan fingerprint density at radius 2 is 1.90 bits per heavy atom. The molecule has 8 nitrogen and oxygen atoms in total. The first-order valence-electron chi connectivity index (χ1n) is 11.0. The molecule has 1 aliphatic carbocycles. The van der Waals surface area contributed by atoms with Crippen LogP contribution in [0.2, 0.25) is 0 Å². The molecule has 1 N–H and O–H groups in total. The van der Waals surface area contributed by atoms with Gasteiger partial charge in [-0.1, -0.05) is 6.07 Å². The summed E-state index contributed by atoms with van der Waals surface area (Å²) in [5.74, 6) is 1.50. The molecule has 0 spiro atoms. The average molecular weight is 446 g/mol. The third-order valence-corrected chi connectivity index (χ3v) is 7.08. The minimum absolute atomic E-state index is 0.0747. The van der Waals surface area contributed by atoms with Gasteiger partial charge in [0.25, 0.3) is 0 Å². The number of nitrogens with one attached hydrogen (secondary N) is 1. The molecule has 0 bridgehead atoms. The van der Waals surface area contributed by atoms with E-state index in [4.69, 9.17) is 4.74 Å². The SMILES string of the molecule is CS(=O)(=O)NC1CCN(c2ccccn2)CC1COC1CCC(c2cncnc2)CC1. The van der Waals surface area contributed by atoms with Gasteiger partial charge in [-0.3, -0.25) is 0 Å². The number of pyridine rings is 1. The van der Waals surface area contributed by atoms with Gasteiger partial charge in [-0.05, 0) is 55.7 Å². The Balaban J connectivity index is 1.34. The van der Waals surface area contributed by atoms with Crippen LogP contribution in [0.15, 0.2) is 43.1 Å². The standard InChI is InChI=1S/C22H31N5O3S/c1-31(28,29)26-21-9-11-27(22-4-2-3-10-25-22)14-19(21)15-30-20-7-5-17(6-8-20)18-12-23-16-24-13-18/h2-4,10,12-13,16-17,19-21,26H,5-9,11,14-15H2,1H3. The average Bonchev–Trinajstić information content (AvgIpc) is 2.79. The zero-order valence-electron chi connectivity index (χ0n) is 17.9. The predicted octanol–water partition coefficient (Wildman–Crippen LogP) is 2.36. The molecular weight excluding hydrogens is 414 g/mol. The highest BCUT2D eigenvalue weighted by atomic mass is 32.2. The number of ether oxygens (including phenoxy) is 1. The van der Waals surface area contributed by atoms with Crippen molar-refractivity contribution in [2.75, 3.05) is 30.9 Å². The molecule has 2 fully saturated rings. The quantitative estimate of drug-likeness (QED) is 0.699. The van der Waals surface area contributed by atoms with E-state index >= 15 is 0 Å². The molecule has 2 aliphatic rings. The summed E-state index contributed by atoms with van der Waals surface area (Å²) in [6.45, 7) is 2.03. The number of hydrogen-bond acceptors (Lipinski definition) is 7. The van der Waals surface area contributed by atoms with Crippen LogP contribution >= 0.6 is 0 Å². The van der Waals surface area contributed by atoms with Crippen LogP contribution in [0.5, 0.6) is 0 Å². The molecule has 0 aromatic carbocycles. The van der Waals surface area contributed by atoms with Crippen molar-refractivity contribution in [3.05, 3.63) is 48.7 Å². The van der Waals surface area contributed by atoms with Crippen LogP contribution in [-0.2, 0) is 14.8 Å². The summed E-state index contributed by atoms with van der Waals surface area (Å²) < 4.78 is 32.9. The van der Waals surface area contributed by atoms with E-state index < -0.39 is 10.0 Å². The number of anilines is 1. The summed E-state index contributed by atoms with van der Waals surface area (Å²) in [6.07, 6.45) is 13.5. The Labute approximate surface area is 184 Å². The smallest absolute Gasteiger partial charge is 0.208 e. The van der Waals surface area contributed by atoms with E-state index in [1.807, 2.05) is 30.6 Å². The highest BCUT2D eigenvalue weighted by Gasteiger charge is 2.33. The van der Waals surface area contributed by atoms with Crippen LogP contribution in [0, 0.1) is 5.92 Å². The maximum Gasteiger partial charge on any atom is 0.208 e. The number of rotatable bonds is 7. The molecule has 2 aromatic rings. The van der Waals surface area contributed by atoms with E-state index in [1.165, 1.54) is 11.8 Å². The molecule has 1 saturated carbocycles. The van der Waals surface area contributed by atoms with Gasteiger partial charge in [-0.2, -0.15) is 0 Å². The van der Waals surface area contributed by atoms with Crippen LogP contribution in [0.4, 0.5) is 5.82 Å². The Kier molecular flexibility index (Phi) is 7.14. The number of piperidine rings is 1. The molecule has 168 valence electrons. The zero-order valence-corrected chi connectivity index (χ0v) is 18.7. The lowest BCUT2D eigenvalue weighted by Gasteiger charge is -2.40. The van der Waals surface area contributed by atoms with Crippen molar-refractivity contribution in [2.45, 2.75) is 50.2 Å². The monoisotopic (exact) mass is 445 g/mol. The summed E-state index contributed by atoms with van der Waals surface area (Å²) in [4.78, 5) is 15.0. The lowest BCUT2D eigenvalue weighted by atomic mass is 9.83. The van der Waals surface area contributed by atoms with Gasteiger partial charge in [0.05, 0.1) is 19.0 Å². The number of aromatic nitrogens is 3. The van der Waals surface area contributed by atoms with Gasteiger partial charge in [0.15, 0.2) is 0 Å². The molecule has 2 aromatic heterocycles. The molecule has 1 aliphatic heterocycles. The summed E-state index contributed by atoms with van der Waals surface area (Å²) in [7, 11) is -3.27. The highest BCUT2D eigenvalue weighted by Crippen LogP contribution is 2.34. The minimum atomic E-state index is -3.27. The maximum atomic E-state index is 11.9. The van der Waals surface area contributed by atoms with Gasteiger partial charge in [0, 0.05) is 43.6 Å². The van der Waals surface area contributed by atoms with E-state index in [2.05, 4.69) is 24.6 Å². The van der Waals surface area contributed by atoms with E-state index in [0.29, 0.717) is 12.5 Å². The molecule has 1 saturated heterocycles. The first kappa shape index (κ1) is 22.1. The molecule has 31 heavy (non-hydrogen) atoms. The maximum absolute atomic E-state index is 11.9. The first-order chi connectivity index (χ1) is 15.0. The van der Waals surface area contributed by atoms with Gasteiger partial charge < -0.3 is 9.64 Å². The fraction of sp³-hybridized carbons (Fsp3) is 0.591. The highest BCUT2D eigenvalue weighted by molar-refractivity contribution is 7.88. The van der Waals surface area contributed by atoms with Crippen molar-refractivity contribution in [1.82, 2.24) is 19.7 Å². The minimum Gasteiger partial charge on any atom is -0.378 e. The van der Waals surface area contributed by atoms with Crippen molar-refractivity contribution in [2.24, 2.45) is 5.92 Å². The van der Waals surface area contributed by atoms with Gasteiger partial charge in [-0.15, -0.1) is 0 Å². The Morgan fingerprint density at radius 3 is 2.58 bits per heavy atom. The van der Waals surface area contributed by atoms with Crippen molar-refractivity contribution >= 4 is 15.8 Å². The van der Waals surface area contributed by atoms with E-state index in [1.54, 1.807) is 12.5 Å². The number of hydrogen-bond donors (Lipinski definition) is 1. The van der Waals surface area contributed by atoms with Crippen LogP contribution in [0.25, 0.3) is 0 Å². The Morgan fingerprint density at radius 1 is 1.13 bits per heavy atom. The lowest BCUT2D eigenvalue weighted by molar-refractivity contribution is -0.00216. The second kappa shape index (κ2) is 10.0. The van der Waals surface area contributed by atoms with Gasteiger partial charge in [0.1, 0.15) is 12.1 Å². The molecule has 2 unspecified atom stereocenters. The van der Waals surface area contributed by atoms with Gasteiger partial charge >= 0.3 is 0 Å². The fourth-order valence-electron chi connectivity index (χ4n) is 4.72. The fourth-order valence-corrected chi connectivity index (χ4v) is 5.58. The Hall–Kier alpha value is -2.10. The largest absolute Gasteiger partial charge is 0.378 e. The van der Waals surface area contributed by atoms with Crippen molar-refractivity contribution in [3.63, 3.8) is 0 Å². The topological polar surface area (TPSA) is 97.3 Å². The van der Waals surface area contributed by atoms with E-state index in [9.17, 15) is 8.42 Å². The molecule has 0 amide bonds. The second-order valence-electron chi connectivity index (χ2n) is 8.66. The lowest BCUT2D eigenvalue weighted by Crippen LogP contribution is -2.52. The van der Waals surface area contributed by atoms with Crippen LogP contribution in [0.3, 0.4) is 0 Å². The number of nitrogens with zero attached hydrogens (tertiary/aromatic N) is 4. The van der Waals surface area contributed by atoms with Crippen LogP contribution in [-0.4, -0.2) is 61.5 Å². The molecule has 9 heteroatoms. The third-order valence-electron chi connectivity index (χ3n) is 6.34. The molecular formula is C22H31N5O3S. The van der Waals surface area contributed by atoms with Crippen molar-refractivity contribution in [1.29, 1.82) is 0 Å². The molecule has 3 heterocycles. The molecule has 4 rings (SSSR count). The summed E-state index contributed by atoms with van der Waals surface area (Å²) >= 11 is 0. The van der Waals surface area contributed by atoms with Gasteiger partial charge in [0.2, 0.25) is 10.0 Å². The number of sulfonamides is 1. The first-order valence-corrected chi connectivity index (χ1v) is 12.9. The normalized spacial score (nSPS) is 27.2. The second-order valence-corrected chi connectivity index (χ2v) is 10.4. The third kappa shape index (κ3) is 6.21. The van der Waals surface area contributed by atoms with Crippen molar-refractivity contribution in [3.8, 4) is 0 Å². The van der Waals surface area contributed by atoms with Crippen LogP contribution < -0.4 is 9.62 Å². The molecule has 0 radical (unpaired) electrons. The zero-order chi connectivity index (χ0) is 21.7. The molecule has 2 atom stereocenters. The van der Waals surface area contributed by atoms with Crippen LogP contribution in [0.1, 0.15) is 43.6 Å². The summed E-state index contributed by atoms with van der Waals surface area (Å²) in [5.41, 5.74) is 1.21. The van der Waals surface area contributed by atoms with E-state index in [0.717, 1.165) is 51.0 Å². The van der Waals surface area contributed by atoms with E-state index in [-0.39, 0.29) is 18.1 Å². The Bertz CT molecular complexity index is 921. The predicted molar refractivity (Wildman–Crippen MR) is 119 cm³/mol. The van der Waals surface area contributed by atoms with Crippen molar-refractivity contribution < 1.29 is 13.2 Å². The summed E-state index contributed by atoms with van der Waals surface area (Å²) in [6, 6.07) is 5.76. The van der Waals surface area contributed by atoms with Gasteiger partial charge in [-0.25, -0.2) is 28.1 Å². The summed E-state index contributed by atoms with van der Waals surface area (Å²) in [5, 5.41) is 0.